The van der Waals surface area contributed by atoms with Crippen LogP contribution in [0.2, 0.25) is 0 Å². The fourth-order valence-electron chi connectivity index (χ4n) is 2.48. The van der Waals surface area contributed by atoms with Crippen molar-refractivity contribution in [2.45, 2.75) is 45.3 Å². The number of aromatic nitrogens is 1. The zero-order valence-corrected chi connectivity index (χ0v) is 11.7. The maximum absolute atomic E-state index is 12.2. The number of hydrogen-bond donors (Lipinski definition) is 2. The third kappa shape index (κ3) is 3.29. The molecule has 0 radical (unpaired) electrons. The van der Waals surface area contributed by atoms with Crippen LogP contribution in [0.25, 0.3) is 0 Å². The maximum atomic E-state index is 12.2. The average molecular weight is 265 g/mol. The summed E-state index contributed by atoms with van der Waals surface area (Å²) in [4.78, 5) is 12.2. The van der Waals surface area contributed by atoms with Gasteiger partial charge in [-0.3, -0.25) is 4.79 Å². The monoisotopic (exact) mass is 265 g/mol. The van der Waals surface area contributed by atoms with E-state index in [-0.39, 0.29) is 11.5 Å². The second-order valence-electron chi connectivity index (χ2n) is 5.44. The van der Waals surface area contributed by atoms with Gasteiger partial charge >= 0.3 is 0 Å². The van der Waals surface area contributed by atoms with E-state index in [4.69, 9.17) is 10.5 Å². The lowest BCUT2D eigenvalue weighted by Gasteiger charge is -2.23. The Morgan fingerprint density at radius 2 is 2.42 bits per heavy atom. The van der Waals surface area contributed by atoms with Crippen LogP contribution in [-0.2, 0) is 11.3 Å². The third-order valence-electron chi connectivity index (χ3n) is 3.54. The summed E-state index contributed by atoms with van der Waals surface area (Å²) in [5, 5.41) is 2.95. The van der Waals surface area contributed by atoms with Crippen molar-refractivity contribution in [3.05, 3.63) is 18.0 Å². The van der Waals surface area contributed by atoms with Crippen LogP contribution in [0, 0.1) is 0 Å². The number of nitrogens with one attached hydrogen (secondary N) is 1. The molecule has 0 bridgehead atoms. The van der Waals surface area contributed by atoms with Gasteiger partial charge in [0.15, 0.2) is 0 Å². The number of aryl methyl sites for hydroxylation is 1. The molecule has 3 N–H and O–H groups in total. The van der Waals surface area contributed by atoms with Crippen molar-refractivity contribution < 1.29 is 9.53 Å². The molecule has 1 aromatic heterocycles. The zero-order valence-electron chi connectivity index (χ0n) is 11.7. The summed E-state index contributed by atoms with van der Waals surface area (Å²) < 4.78 is 7.57. The van der Waals surface area contributed by atoms with Gasteiger partial charge in [0.25, 0.3) is 5.91 Å². The molecule has 0 saturated carbocycles. The molecule has 1 atom stereocenters. The molecule has 1 fully saturated rings. The highest BCUT2D eigenvalue weighted by Gasteiger charge is 2.30. The maximum Gasteiger partial charge on any atom is 0.268 e. The van der Waals surface area contributed by atoms with Gasteiger partial charge in [0.05, 0.1) is 11.3 Å². The summed E-state index contributed by atoms with van der Waals surface area (Å²) in [5.41, 5.74) is 6.80. The Bertz CT molecular complexity index is 448. The number of amides is 1. The van der Waals surface area contributed by atoms with E-state index < -0.39 is 0 Å². The van der Waals surface area contributed by atoms with Crippen LogP contribution in [0.1, 0.15) is 43.6 Å². The van der Waals surface area contributed by atoms with Crippen molar-refractivity contribution in [2.75, 3.05) is 18.9 Å². The van der Waals surface area contributed by atoms with E-state index in [1.807, 2.05) is 17.7 Å². The second-order valence-corrected chi connectivity index (χ2v) is 5.44. The smallest absolute Gasteiger partial charge is 0.268 e. The Morgan fingerprint density at radius 3 is 3.05 bits per heavy atom. The molecule has 0 spiro atoms. The van der Waals surface area contributed by atoms with Crippen molar-refractivity contribution >= 4 is 11.6 Å². The molecule has 106 valence electrons. The van der Waals surface area contributed by atoms with Gasteiger partial charge in [-0.05, 0) is 32.3 Å². The number of hydrogen-bond acceptors (Lipinski definition) is 3. The van der Waals surface area contributed by atoms with Gasteiger partial charge in [0.2, 0.25) is 0 Å². The third-order valence-corrected chi connectivity index (χ3v) is 3.54. The summed E-state index contributed by atoms with van der Waals surface area (Å²) in [5.74, 6) is -0.0816. The summed E-state index contributed by atoms with van der Waals surface area (Å²) in [6, 6.07) is 1.73. The van der Waals surface area contributed by atoms with Gasteiger partial charge in [0.1, 0.15) is 5.69 Å². The number of nitrogens with two attached hydrogens (primary N) is 1. The molecule has 1 amide bonds. The Balaban J connectivity index is 1.99. The number of anilines is 1. The van der Waals surface area contributed by atoms with Crippen molar-refractivity contribution in [1.29, 1.82) is 0 Å². The Labute approximate surface area is 114 Å². The van der Waals surface area contributed by atoms with Gasteiger partial charge in [-0.1, -0.05) is 6.92 Å². The molecule has 1 aromatic rings. The highest BCUT2D eigenvalue weighted by atomic mass is 16.5. The molecule has 1 unspecified atom stereocenters. The normalized spacial score (nSPS) is 22.6. The van der Waals surface area contributed by atoms with Crippen LogP contribution in [0.3, 0.4) is 0 Å². The summed E-state index contributed by atoms with van der Waals surface area (Å²) in [6.07, 6.45) is 4.83. The number of ether oxygens (including phenoxy) is 1. The minimum absolute atomic E-state index is 0.0816. The predicted molar refractivity (Wildman–Crippen MR) is 75.1 cm³/mol. The van der Waals surface area contributed by atoms with E-state index in [0.717, 1.165) is 32.4 Å². The molecule has 2 heterocycles. The minimum atomic E-state index is -0.219. The zero-order chi connectivity index (χ0) is 13.9. The highest BCUT2D eigenvalue weighted by Crippen LogP contribution is 2.24. The molecule has 19 heavy (non-hydrogen) atoms. The summed E-state index contributed by atoms with van der Waals surface area (Å²) >= 11 is 0. The highest BCUT2D eigenvalue weighted by molar-refractivity contribution is 5.93. The van der Waals surface area contributed by atoms with E-state index in [0.29, 0.717) is 17.9 Å². The molecule has 1 aliphatic rings. The number of nitrogens with zero attached hydrogens (tertiary/aromatic N) is 1. The standard InChI is InChI=1S/C14H23N3O2/c1-3-6-17-9-11(15)8-12(17)13(18)16-10-14(2)5-4-7-19-14/h8-9H,3-7,10,15H2,1-2H3,(H,16,18). The van der Waals surface area contributed by atoms with Crippen molar-refractivity contribution in [3.8, 4) is 0 Å². The first-order valence-electron chi connectivity index (χ1n) is 6.92. The first kappa shape index (κ1) is 13.9. The number of rotatable bonds is 5. The van der Waals surface area contributed by atoms with Crippen LogP contribution in [0.4, 0.5) is 5.69 Å². The number of nitrogen functional groups attached to an aromatic ring is 1. The van der Waals surface area contributed by atoms with Gasteiger partial charge in [-0.2, -0.15) is 0 Å². The number of carbonyl (C=O) groups excluding carboxylic acids is 1. The molecular formula is C14H23N3O2. The first-order chi connectivity index (χ1) is 9.04. The van der Waals surface area contributed by atoms with E-state index in [9.17, 15) is 4.79 Å². The molecule has 2 rings (SSSR count). The van der Waals surface area contributed by atoms with E-state index in [1.54, 1.807) is 6.07 Å². The quantitative estimate of drug-likeness (QED) is 0.852. The lowest BCUT2D eigenvalue weighted by atomic mass is 10.0. The molecule has 1 saturated heterocycles. The number of carbonyl (C=O) groups is 1. The van der Waals surface area contributed by atoms with Crippen molar-refractivity contribution in [2.24, 2.45) is 0 Å². The van der Waals surface area contributed by atoms with E-state index in [1.165, 1.54) is 0 Å². The molecular weight excluding hydrogens is 242 g/mol. The van der Waals surface area contributed by atoms with Crippen LogP contribution >= 0.6 is 0 Å². The molecule has 5 heteroatoms. The molecule has 5 nitrogen and oxygen atoms in total. The Kier molecular flexibility index (Phi) is 4.14. The van der Waals surface area contributed by atoms with Crippen LogP contribution in [0.15, 0.2) is 12.3 Å². The van der Waals surface area contributed by atoms with Crippen molar-refractivity contribution in [1.82, 2.24) is 9.88 Å². The predicted octanol–water partition coefficient (Wildman–Crippen LogP) is 1.78. The van der Waals surface area contributed by atoms with E-state index in [2.05, 4.69) is 12.2 Å². The van der Waals surface area contributed by atoms with Crippen LogP contribution in [0.5, 0.6) is 0 Å². The van der Waals surface area contributed by atoms with Crippen LogP contribution in [-0.4, -0.2) is 29.2 Å². The van der Waals surface area contributed by atoms with Gasteiger partial charge in [-0.15, -0.1) is 0 Å². The Morgan fingerprint density at radius 1 is 1.63 bits per heavy atom. The summed E-state index contributed by atoms with van der Waals surface area (Å²) in [7, 11) is 0. The average Bonchev–Trinajstić information content (AvgIpc) is 2.94. The fourth-order valence-corrected chi connectivity index (χ4v) is 2.48. The first-order valence-corrected chi connectivity index (χ1v) is 6.92. The molecule has 0 aromatic carbocycles. The van der Waals surface area contributed by atoms with Crippen molar-refractivity contribution in [3.63, 3.8) is 0 Å². The second kappa shape index (κ2) is 5.65. The van der Waals surface area contributed by atoms with Gasteiger partial charge in [-0.25, -0.2) is 0 Å². The fraction of sp³-hybridized carbons (Fsp3) is 0.643. The topological polar surface area (TPSA) is 69.3 Å². The summed E-state index contributed by atoms with van der Waals surface area (Å²) in [6.45, 7) is 6.24. The lowest BCUT2D eigenvalue weighted by molar-refractivity contribution is 0.0205. The van der Waals surface area contributed by atoms with Gasteiger partial charge in [0, 0.05) is 25.9 Å². The lowest BCUT2D eigenvalue weighted by Crippen LogP contribution is -2.40. The van der Waals surface area contributed by atoms with E-state index >= 15 is 0 Å². The molecule has 1 aliphatic heterocycles. The molecule has 0 aliphatic carbocycles. The SMILES string of the molecule is CCCn1cc(N)cc1C(=O)NCC1(C)CCCO1. The Hall–Kier alpha value is -1.49. The van der Waals surface area contributed by atoms with Gasteiger partial charge < -0.3 is 20.4 Å². The minimum Gasteiger partial charge on any atom is -0.397 e. The largest absolute Gasteiger partial charge is 0.397 e. The van der Waals surface area contributed by atoms with Crippen LogP contribution < -0.4 is 11.1 Å².